The van der Waals surface area contributed by atoms with E-state index in [1.807, 2.05) is 18.2 Å². The first-order valence-corrected chi connectivity index (χ1v) is 8.90. The van der Waals surface area contributed by atoms with Crippen LogP contribution >= 0.6 is 46.9 Å². The summed E-state index contributed by atoms with van der Waals surface area (Å²) in [6.07, 6.45) is 5.16. The number of carbonyl (C=O) groups excluding carboxylic acids is 1. The molecule has 0 radical (unpaired) electrons. The smallest absolute Gasteiger partial charge is 0.263 e. The van der Waals surface area contributed by atoms with Gasteiger partial charge in [-0.2, -0.15) is 0 Å². The molecule has 0 bridgehead atoms. The maximum Gasteiger partial charge on any atom is 0.263 e. The minimum absolute atomic E-state index is 0.205. The number of carbonyl (C=O) groups is 1. The Kier molecular flexibility index (Phi) is 3.73. The molecule has 1 fully saturated rings. The fourth-order valence-electron chi connectivity index (χ4n) is 2.24. The third-order valence-electron chi connectivity index (χ3n) is 3.20. The summed E-state index contributed by atoms with van der Waals surface area (Å²) < 4.78 is 7.08. The molecule has 4 heterocycles. The van der Waals surface area contributed by atoms with Crippen molar-refractivity contribution in [3.8, 4) is 10.4 Å². The fourth-order valence-corrected chi connectivity index (χ4v) is 4.31. The van der Waals surface area contributed by atoms with Gasteiger partial charge in [-0.25, -0.2) is 0 Å². The molecular weight excluding hydrogens is 372 g/mol. The summed E-state index contributed by atoms with van der Waals surface area (Å²) in [5.41, 5.74) is 1.60. The molecule has 0 aliphatic carbocycles. The Hall–Kier alpha value is -1.67. The number of nitrogens with zero attached hydrogens (tertiary/aromatic N) is 1. The lowest BCUT2D eigenvalue weighted by atomic mass is 10.2. The van der Waals surface area contributed by atoms with Gasteiger partial charge < -0.3 is 9.73 Å². The molecule has 23 heavy (non-hydrogen) atoms. The first-order valence-electron chi connectivity index (χ1n) is 6.48. The van der Waals surface area contributed by atoms with E-state index in [2.05, 4.69) is 10.3 Å². The lowest BCUT2D eigenvalue weighted by molar-refractivity contribution is -0.115. The third kappa shape index (κ3) is 2.81. The lowest BCUT2D eigenvalue weighted by Crippen LogP contribution is -2.17. The molecular formula is C15H7ClN2O2S3. The summed E-state index contributed by atoms with van der Waals surface area (Å²) in [5.74, 6) is 0.378. The molecule has 3 aromatic heterocycles. The Balaban J connectivity index is 1.81. The van der Waals surface area contributed by atoms with Crippen molar-refractivity contribution in [1.82, 2.24) is 10.3 Å². The molecule has 4 rings (SSSR count). The van der Waals surface area contributed by atoms with Crippen molar-refractivity contribution in [3.05, 3.63) is 45.6 Å². The van der Waals surface area contributed by atoms with E-state index in [1.165, 1.54) is 23.1 Å². The van der Waals surface area contributed by atoms with E-state index in [1.54, 1.807) is 18.5 Å². The molecule has 1 aliphatic heterocycles. The number of thioether (sulfide) groups is 1. The molecule has 0 aromatic carbocycles. The van der Waals surface area contributed by atoms with E-state index in [0.29, 0.717) is 19.3 Å². The van der Waals surface area contributed by atoms with Gasteiger partial charge >= 0.3 is 0 Å². The van der Waals surface area contributed by atoms with Crippen LogP contribution < -0.4 is 5.32 Å². The molecule has 1 N–H and O–H groups in total. The van der Waals surface area contributed by atoms with Gasteiger partial charge in [0, 0.05) is 28.7 Å². The number of thiocarbonyl (C=S) groups is 1. The molecule has 0 saturated carbocycles. The summed E-state index contributed by atoms with van der Waals surface area (Å²) in [5, 5.41) is 3.45. The zero-order chi connectivity index (χ0) is 16.0. The van der Waals surface area contributed by atoms with Crippen molar-refractivity contribution in [2.45, 2.75) is 0 Å². The SMILES string of the molecule is O=C1NC(=S)SC1=Cc1cc2cncc(-c3ccc(Cl)s3)c2o1. The third-order valence-corrected chi connectivity index (χ3v) is 5.62. The van der Waals surface area contributed by atoms with E-state index in [-0.39, 0.29) is 5.91 Å². The highest BCUT2D eigenvalue weighted by Gasteiger charge is 2.23. The Morgan fingerprint density at radius 1 is 1.35 bits per heavy atom. The number of nitrogens with one attached hydrogen (secondary N) is 1. The van der Waals surface area contributed by atoms with E-state index in [0.717, 1.165) is 21.4 Å². The maximum atomic E-state index is 11.7. The van der Waals surface area contributed by atoms with Crippen LogP contribution in [0.2, 0.25) is 4.34 Å². The molecule has 1 amide bonds. The molecule has 0 unspecified atom stereocenters. The predicted octanol–water partition coefficient (Wildman–Crippen LogP) is 4.70. The Labute approximate surface area is 149 Å². The number of halogens is 1. The van der Waals surface area contributed by atoms with Crippen molar-refractivity contribution in [1.29, 1.82) is 0 Å². The van der Waals surface area contributed by atoms with Crippen molar-refractivity contribution in [2.24, 2.45) is 0 Å². The van der Waals surface area contributed by atoms with E-state index >= 15 is 0 Å². The van der Waals surface area contributed by atoms with Crippen LogP contribution in [0, 0.1) is 0 Å². The van der Waals surface area contributed by atoms with Crippen LogP contribution in [0.4, 0.5) is 0 Å². The van der Waals surface area contributed by atoms with Crippen molar-refractivity contribution in [2.75, 3.05) is 0 Å². The van der Waals surface area contributed by atoms with Gasteiger partial charge in [-0.15, -0.1) is 11.3 Å². The summed E-state index contributed by atoms with van der Waals surface area (Å²) in [6.45, 7) is 0. The highest BCUT2D eigenvalue weighted by molar-refractivity contribution is 8.26. The average Bonchev–Trinajstić information content (AvgIpc) is 3.18. The molecule has 114 valence electrons. The number of pyridine rings is 1. The monoisotopic (exact) mass is 378 g/mol. The summed E-state index contributed by atoms with van der Waals surface area (Å²) in [4.78, 5) is 17.5. The van der Waals surface area contributed by atoms with Crippen LogP contribution in [0.1, 0.15) is 5.76 Å². The van der Waals surface area contributed by atoms with Gasteiger partial charge in [-0.05, 0) is 18.2 Å². The van der Waals surface area contributed by atoms with Gasteiger partial charge in [0.15, 0.2) is 0 Å². The second-order valence-corrected chi connectivity index (χ2v) is 8.14. The van der Waals surface area contributed by atoms with Crippen molar-refractivity contribution >= 4 is 74.2 Å². The molecule has 1 aliphatic rings. The number of amides is 1. The number of hydrogen-bond acceptors (Lipinski definition) is 6. The topological polar surface area (TPSA) is 55.1 Å². The van der Waals surface area contributed by atoms with Crippen LogP contribution in [0.25, 0.3) is 27.5 Å². The minimum Gasteiger partial charge on any atom is -0.456 e. The van der Waals surface area contributed by atoms with Crippen LogP contribution in [0.15, 0.2) is 39.9 Å². The first kappa shape index (κ1) is 14.9. The standard InChI is InChI=1S/C15H7ClN2O2S3/c16-12-2-1-10(22-12)9-6-17-5-7-3-8(20-13(7)9)4-11-14(19)18-15(21)23-11/h1-6H,(H,18,19,21). The fraction of sp³-hybridized carbons (Fsp3) is 0. The number of thiophene rings is 1. The van der Waals surface area contributed by atoms with Gasteiger partial charge in [-0.1, -0.05) is 35.6 Å². The minimum atomic E-state index is -0.205. The summed E-state index contributed by atoms with van der Waals surface area (Å²) in [7, 11) is 0. The quantitative estimate of drug-likeness (QED) is 0.517. The van der Waals surface area contributed by atoms with Crippen molar-refractivity contribution < 1.29 is 9.21 Å². The van der Waals surface area contributed by atoms with Gasteiger partial charge in [0.25, 0.3) is 5.91 Å². The molecule has 0 spiro atoms. The molecule has 0 atom stereocenters. The van der Waals surface area contributed by atoms with Crippen LogP contribution in [0.5, 0.6) is 0 Å². The summed E-state index contributed by atoms with van der Waals surface area (Å²) >= 11 is 13.7. The number of rotatable bonds is 2. The molecule has 1 saturated heterocycles. The predicted molar refractivity (Wildman–Crippen MR) is 98.6 cm³/mol. The zero-order valence-electron chi connectivity index (χ0n) is 11.3. The average molecular weight is 379 g/mol. The second-order valence-electron chi connectivity index (χ2n) is 4.71. The molecule has 8 heteroatoms. The highest BCUT2D eigenvalue weighted by Crippen LogP contribution is 2.37. The number of aromatic nitrogens is 1. The van der Waals surface area contributed by atoms with Gasteiger partial charge in [0.2, 0.25) is 0 Å². The highest BCUT2D eigenvalue weighted by atomic mass is 35.5. The van der Waals surface area contributed by atoms with Crippen LogP contribution in [-0.2, 0) is 4.79 Å². The van der Waals surface area contributed by atoms with E-state index in [4.69, 9.17) is 28.2 Å². The largest absolute Gasteiger partial charge is 0.456 e. The Morgan fingerprint density at radius 3 is 2.91 bits per heavy atom. The van der Waals surface area contributed by atoms with Gasteiger partial charge in [0.1, 0.15) is 15.7 Å². The second kappa shape index (κ2) is 5.76. The number of fused-ring (bicyclic) bond motifs is 1. The number of hydrogen-bond donors (Lipinski definition) is 1. The van der Waals surface area contributed by atoms with Crippen LogP contribution in [-0.4, -0.2) is 15.2 Å². The van der Waals surface area contributed by atoms with Crippen LogP contribution in [0.3, 0.4) is 0 Å². The van der Waals surface area contributed by atoms with E-state index < -0.39 is 0 Å². The number of furan rings is 1. The molecule has 3 aromatic rings. The normalized spacial score (nSPS) is 16.5. The zero-order valence-corrected chi connectivity index (χ0v) is 14.5. The molecule has 4 nitrogen and oxygen atoms in total. The van der Waals surface area contributed by atoms with Crippen molar-refractivity contribution in [3.63, 3.8) is 0 Å². The van der Waals surface area contributed by atoms with Gasteiger partial charge in [0.05, 0.1) is 14.8 Å². The lowest BCUT2D eigenvalue weighted by Gasteiger charge is -1.97. The first-order chi connectivity index (χ1) is 11.1. The maximum absolute atomic E-state index is 11.7. The van der Waals surface area contributed by atoms with E-state index in [9.17, 15) is 4.79 Å². The Bertz CT molecular complexity index is 990. The summed E-state index contributed by atoms with van der Waals surface area (Å²) in [6, 6.07) is 5.62. The van der Waals surface area contributed by atoms with Gasteiger partial charge in [-0.3, -0.25) is 9.78 Å². The Morgan fingerprint density at radius 2 is 2.22 bits per heavy atom.